The Morgan fingerprint density at radius 3 is 1.84 bits per heavy atom. The van der Waals surface area contributed by atoms with Crippen LogP contribution in [0.3, 0.4) is 0 Å². The van der Waals surface area contributed by atoms with Gasteiger partial charge in [0, 0.05) is 37.5 Å². The number of carbonyl (C=O) groups excluding carboxylic acids is 2. The van der Waals surface area contributed by atoms with Crippen molar-refractivity contribution < 1.29 is 9.59 Å². The first-order chi connectivity index (χ1) is 31.9. The second-order valence-electron chi connectivity index (χ2n) is 17.6. The smallest absolute Gasteiger partial charge is 0.326 e. The Labute approximate surface area is 411 Å². The lowest BCUT2D eigenvalue weighted by molar-refractivity contribution is 0.255. The highest BCUT2D eigenvalue weighted by atomic mass is 35.5. The van der Waals surface area contributed by atoms with Gasteiger partial charge in [0.2, 0.25) is 0 Å². The molecule has 6 N–H and O–H groups in total. The molecule has 0 fully saturated rings. The van der Waals surface area contributed by atoms with Gasteiger partial charge in [0.1, 0.15) is 0 Å². The minimum absolute atomic E-state index is 0.156. The van der Waals surface area contributed by atoms with E-state index in [9.17, 15) is 9.59 Å². The number of hydrogen-bond donors (Lipinski definition) is 4. The number of amides is 4. The van der Waals surface area contributed by atoms with Gasteiger partial charge < -0.3 is 22.1 Å². The number of nitrogens with one attached hydrogen (secondary N) is 2. The molecular formula is C56H61Cl3N6O2. The van der Waals surface area contributed by atoms with E-state index in [4.69, 9.17) is 46.3 Å². The Morgan fingerprint density at radius 2 is 1.22 bits per heavy atom. The predicted molar refractivity (Wildman–Crippen MR) is 287 cm³/mol. The van der Waals surface area contributed by atoms with Crippen LogP contribution in [0.1, 0.15) is 93.5 Å². The van der Waals surface area contributed by atoms with E-state index < -0.39 is 0 Å². The monoisotopic (exact) mass is 954 g/mol. The fourth-order valence-corrected chi connectivity index (χ4v) is 8.87. The van der Waals surface area contributed by atoms with Crippen molar-refractivity contribution in [1.82, 2.24) is 0 Å². The predicted octanol–water partition coefficient (Wildman–Crippen LogP) is 16.0. The molecule has 0 spiro atoms. The fourth-order valence-electron chi connectivity index (χ4n) is 8.27. The van der Waals surface area contributed by atoms with Gasteiger partial charge in [-0.2, -0.15) is 0 Å². The Morgan fingerprint density at radius 1 is 0.642 bits per heavy atom. The third-order valence-corrected chi connectivity index (χ3v) is 13.0. The van der Waals surface area contributed by atoms with E-state index in [0.29, 0.717) is 51.5 Å². The van der Waals surface area contributed by atoms with Crippen LogP contribution < -0.4 is 31.9 Å². The van der Waals surface area contributed by atoms with Crippen LogP contribution in [-0.4, -0.2) is 12.1 Å². The van der Waals surface area contributed by atoms with Gasteiger partial charge in [0.15, 0.2) is 0 Å². The standard InChI is InChI=1S/C28H27Cl2N3O.C28H34ClN3O/c1-3-21-24(30)16-25(31)22(4-2)27(21)32-28(34)33(17-18-12-14-20(29)15-13-18)26-11-7-9-19-8-5-6-10-23(19)26;1-7-20-8-14-23(15-9-20)32(19(3)21-10-12-22(29)13-11-21)27(33)31-26-18(2)25(30)17-16-24(26)28(4,5)6/h5-16H,3-4,17,31H2,1-2H3,(H,32,34);8-17,19H,7,30H2,1-6H3,(H,31,33)/t;19-/m.0/s1. The van der Waals surface area contributed by atoms with Crippen LogP contribution in [0, 0.1) is 6.92 Å². The van der Waals surface area contributed by atoms with Crippen molar-refractivity contribution in [3.05, 3.63) is 187 Å². The van der Waals surface area contributed by atoms with Crippen LogP contribution in [0.15, 0.2) is 133 Å². The Hall–Kier alpha value is -6.19. The zero-order chi connectivity index (χ0) is 48.6. The first-order valence-electron chi connectivity index (χ1n) is 22.7. The van der Waals surface area contributed by atoms with Crippen molar-refractivity contribution in [1.29, 1.82) is 0 Å². The molecule has 0 aliphatic heterocycles. The maximum atomic E-state index is 13.9. The molecule has 7 rings (SSSR count). The van der Waals surface area contributed by atoms with Gasteiger partial charge in [-0.05, 0) is 137 Å². The summed E-state index contributed by atoms with van der Waals surface area (Å²) in [5.41, 5.74) is 23.5. The zero-order valence-electron chi connectivity index (χ0n) is 39.6. The molecule has 7 aromatic rings. The Balaban J connectivity index is 0.000000221. The average Bonchev–Trinajstić information content (AvgIpc) is 3.30. The minimum Gasteiger partial charge on any atom is -0.398 e. The summed E-state index contributed by atoms with van der Waals surface area (Å²) in [4.78, 5) is 31.3. The zero-order valence-corrected chi connectivity index (χ0v) is 41.9. The van der Waals surface area contributed by atoms with Crippen molar-refractivity contribution in [3.8, 4) is 0 Å². The lowest BCUT2D eigenvalue weighted by Crippen LogP contribution is -2.38. The van der Waals surface area contributed by atoms with Crippen LogP contribution >= 0.6 is 34.8 Å². The van der Waals surface area contributed by atoms with Crippen molar-refractivity contribution in [2.45, 2.75) is 92.7 Å². The molecule has 0 radical (unpaired) electrons. The Bertz CT molecular complexity index is 2810. The summed E-state index contributed by atoms with van der Waals surface area (Å²) in [7, 11) is 0. The number of nitrogens with two attached hydrogens (primary N) is 2. The van der Waals surface area contributed by atoms with E-state index in [2.05, 4.69) is 50.5 Å². The molecule has 0 bridgehead atoms. The van der Waals surface area contributed by atoms with Gasteiger partial charge in [0.25, 0.3) is 0 Å². The van der Waals surface area contributed by atoms with E-state index in [-0.39, 0.29) is 23.5 Å². The summed E-state index contributed by atoms with van der Waals surface area (Å²) < 4.78 is 0. The Kier molecular flexibility index (Phi) is 16.5. The van der Waals surface area contributed by atoms with Crippen molar-refractivity contribution >= 4 is 91.8 Å². The summed E-state index contributed by atoms with van der Waals surface area (Å²) in [6, 6.07) is 42.3. The number of carbonyl (C=O) groups is 2. The highest BCUT2D eigenvalue weighted by molar-refractivity contribution is 6.32. The minimum atomic E-state index is -0.252. The number of fused-ring (bicyclic) bond motifs is 1. The average molecular weight is 957 g/mol. The van der Waals surface area contributed by atoms with Crippen molar-refractivity contribution in [3.63, 3.8) is 0 Å². The van der Waals surface area contributed by atoms with Crippen LogP contribution in [-0.2, 0) is 31.2 Å². The van der Waals surface area contributed by atoms with E-state index >= 15 is 0 Å². The number of anilines is 6. The highest BCUT2D eigenvalue weighted by Gasteiger charge is 2.28. The second kappa shape index (κ2) is 22.1. The third kappa shape index (κ3) is 11.9. The molecule has 8 nitrogen and oxygen atoms in total. The lowest BCUT2D eigenvalue weighted by Gasteiger charge is -2.32. The molecule has 348 valence electrons. The molecule has 11 heteroatoms. The first-order valence-corrected chi connectivity index (χ1v) is 23.8. The van der Waals surface area contributed by atoms with Gasteiger partial charge in [0.05, 0.1) is 29.6 Å². The SMILES string of the molecule is CCc1c(N)cc(Cl)c(CC)c1NC(=O)N(Cc1ccc(Cl)cc1)c1cccc2ccccc12.CCc1ccc(N(C(=O)Nc2c(C(C)(C)C)ccc(N)c2C)[C@@H](C)c2ccc(Cl)cc2)cc1. The summed E-state index contributed by atoms with van der Waals surface area (Å²) in [6.07, 6.45) is 2.29. The van der Waals surface area contributed by atoms with E-state index in [1.165, 1.54) is 5.56 Å². The number of hydrogen-bond acceptors (Lipinski definition) is 4. The summed E-state index contributed by atoms with van der Waals surface area (Å²) in [5, 5.41) is 10.3. The molecular weight excluding hydrogens is 895 g/mol. The maximum Gasteiger partial charge on any atom is 0.326 e. The van der Waals surface area contributed by atoms with Crippen molar-refractivity contribution in [2.75, 3.05) is 31.9 Å². The van der Waals surface area contributed by atoms with Crippen molar-refractivity contribution in [2.24, 2.45) is 0 Å². The normalized spacial score (nSPS) is 11.6. The molecule has 67 heavy (non-hydrogen) atoms. The lowest BCUT2D eigenvalue weighted by atomic mass is 9.84. The molecule has 0 saturated heterocycles. The molecule has 4 amide bonds. The number of urea groups is 2. The van der Waals surface area contributed by atoms with Crippen LogP contribution in [0.2, 0.25) is 15.1 Å². The molecule has 0 unspecified atom stereocenters. The molecule has 0 saturated carbocycles. The highest BCUT2D eigenvalue weighted by Crippen LogP contribution is 2.38. The van der Waals surface area contributed by atoms with Crippen LogP contribution in [0.4, 0.5) is 43.7 Å². The number of nitrogens with zero attached hydrogens (tertiary/aromatic N) is 2. The molecule has 7 aromatic carbocycles. The van der Waals surface area contributed by atoms with E-state index in [1.807, 2.05) is 143 Å². The summed E-state index contributed by atoms with van der Waals surface area (Å²) in [6.45, 7) is 16.9. The second-order valence-corrected chi connectivity index (χ2v) is 18.9. The molecule has 0 aliphatic carbocycles. The van der Waals surface area contributed by atoms with Gasteiger partial charge in [-0.3, -0.25) is 9.80 Å². The summed E-state index contributed by atoms with van der Waals surface area (Å²) >= 11 is 18.7. The van der Waals surface area contributed by atoms with Gasteiger partial charge >= 0.3 is 12.1 Å². The van der Waals surface area contributed by atoms with Crippen LogP contribution in [0.5, 0.6) is 0 Å². The van der Waals surface area contributed by atoms with Gasteiger partial charge in [-0.15, -0.1) is 0 Å². The van der Waals surface area contributed by atoms with Crippen LogP contribution in [0.25, 0.3) is 10.8 Å². The number of nitrogen functional groups attached to an aromatic ring is 2. The van der Waals surface area contributed by atoms with Gasteiger partial charge in [-0.1, -0.05) is 155 Å². The molecule has 0 heterocycles. The number of rotatable bonds is 11. The first kappa shape index (κ1) is 50.2. The quantitative estimate of drug-likeness (QED) is 0.0966. The fraction of sp³-hybridized carbons (Fsp3) is 0.250. The van der Waals surface area contributed by atoms with E-state index in [1.54, 1.807) is 15.9 Å². The number of benzene rings is 7. The topological polar surface area (TPSA) is 117 Å². The maximum absolute atomic E-state index is 13.9. The third-order valence-electron chi connectivity index (χ3n) is 12.1. The molecule has 0 aliphatic rings. The summed E-state index contributed by atoms with van der Waals surface area (Å²) in [5.74, 6) is 0. The molecule has 0 aromatic heterocycles. The number of aryl methyl sites for hydroxylation is 1. The number of halogens is 3. The van der Waals surface area contributed by atoms with Gasteiger partial charge in [-0.25, -0.2) is 9.59 Å². The van der Waals surface area contributed by atoms with E-state index in [0.717, 1.165) is 67.6 Å². The molecule has 1 atom stereocenters. The largest absolute Gasteiger partial charge is 0.398 e.